The Balaban J connectivity index is 0.000000158. The van der Waals surface area contributed by atoms with E-state index in [2.05, 4.69) is 19.4 Å². The lowest BCUT2D eigenvalue weighted by Gasteiger charge is -2.19. The van der Waals surface area contributed by atoms with Crippen LogP contribution in [-0.4, -0.2) is 53.2 Å². The number of fused-ring (bicyclic) bond motifs is 4. The highest BCUT2D eigenvalue weighted by molar-refractivity contribution is 7.89. The third kappa shape index (κ3) is 9.30. The fourth-order valence-electron chi connectivity index (χ4n) is 7.03. The number of sulfonamides is 2. The Kier molecular flexibility index (Phi) is 12.2. The highest BCUT2D eigenvalue weighted by Gasteiger charge is 2.28. The summed E-state index contributed by atoms with van der Waals surface area (Å²) in [6.45, 7) is 2.08. The Hall–Kier alpha value is -5.88. The van der Waals surface area contributed by atoms with Crippen molar-refractivity contribution in [1.82, 2.24) is 19.4 Å². The predicted molar refractivity (Wildman–Crippen MR) is 241 cm³/mol. The van der Waals surface area contributed by atoms with Gasteiger partial charge in [-0.05, 0) is 70.4 Å². The van der Waals surface area contributed by atoms with Crippen LogP contribution in [0.25, 0.3) is 20.2 Å². The highest BCUT2D eigenvalue weighted by atomic mass is 32.2. The summed E-state index contributed by atoms with van der Waals surface area (Å²) in [5, 5.41) is 2.07. The number of ether oxygens (including phenoxy) is 4. The first-order valence-corrected chi connectivity index (χ1v) is 24.4. The summed E-state index contributed by atoms with van der Waals surface area (Å²) in [6.07, 6.45) is 8.57. The minimum Gasteiger partial charge on any atom is -0.490 e. The van der Waals surface area contributed by atoms with Gasteiger partial charge in [-0.1, -0.05) is 60.7 Å². The van der Waals surface area contributed by atoms with Gasteiger partial charge in [0.2, 0.25) is 20.0 Å². The second-order valence-corrected chi connectivity index (χ2v) is 20.0. The SMILES string of the molecule is O=S(=O)(N[C@@H](c1ccccc1)c1cc2ccncc2s1)c1ccc2c(c1)OCCCO2.O=S(=O)(N[C@H](c1ccccc1)c1cc2ccncc2s1)c1ccc2c(c1)OCCCO2. The Bertz CT molecular complexity index is 2780. The maximum Gasteiger partial charge on any atom is 0.241 e. The van der Waals surface area contributed by atoms with Gasteiger partial charge in [-0.15, -0.1) is 22.7 Å². The lowest BCUT2D eigenvalue weighted by molar-refractivity contribution is 0.296. The molecule has 8 aromatic rings. The van der Waals surface area contributed by atoms with Crippen molar-refractivity contribution in [2.75, 3.05) is 26.4 Å². The molecule has 0 saturated carbocycles. The number of nitrogens with zero attached hydrogens (tertiary/aromatic N) is 2. The number of hydrogen-bond donors (Lipinski definition) is 2. The van der Waals surface area contributed by atoms with Gasteiger partial charge in [-0.2, -0.15) is 9.44 Å². The summed E-state index contributed by atoms with van der Waals surface area (Å²) in [7, 11) is -7.67. The first kappa shape index (κ1) is 41.5. The van der Waals surface area contributed by atoms with E-state index in [9.17, 15) is 16.8 Å². The van der Waals surface area contributed by atoms with Crippen molar-refractivity contribution in [1.29, 1.82) is 0 Å². The van der Waals surface area contributed by atoms with Crippen LogP contribution in [-0.2, 0) is 20.0 Å². The maximum absolute atomic E-state index is 13.4. The molecule has 2 atom stereocenters. The Labute approximate surface area is 367 Å². The molecule has 0 fully saturated rings. The fourth-order valence-corrected chi connectivity index (χ4v) is 11.8. The quantitative estimate of drug-likeness (QED) is 0.136. The molecule has 62 heavy (non-hydrogen) atoms. The molecule has 2 aliphatic rings. The third-order valence-corrected chi connectivity index (χ3v) is 15.3. The van der Waals surface area contributed by atoms with Gasteiger partial charge in [0.05, 0.1) is 57.7 Å². The molecule has 0 spiro atoms. The van der Waals surface area contributed by atoms with Crippen LogP contribution in [0.3, 0.4) is 0 Å². The summed E-state index contributed by atoms with van der Waals surface area (Å²) in [4.78, 5) is 10.4. The molecule has 0 amide bonds. The molecule has 0 unspecified atom stereocenters. The minimum atomic E-state index is -3.83. The van der Waals surface area contributed by atoms with E-state index in [1.165, 1.54) is 34.8 Å². The maximum atomic E-state index is 13.4. The van der Waals surface area contributed by atoms with E-state index >= 15 is 0 Å². The number of aromatic nitrogens is 2. The van der Waals surface area contributed by atoms with Crippen LogP contribution in [0.5, 0.6) is 23.0 Å². The molecule has 12 nitrogen and oxygen atoms in total. The molecular weight excluding hydrogens is 865 g/mol. The molecule has 6 heterocycles. The van der Waals surface area contributed by atoms with Crippen LogP contribution in [0.1, 0.15) is 45.8 Å². The second-order valence-electron chi connectivity index (χ2n) is 14.4. The molecule has 0 radical (unpaired) electrons. The lowest BCUT2D eigenvalue weighted by atomic mass is 10.1. The van der Waals surface area contributed by atoms with E-state index in [-0.39, 0.29) is 9.79 Å². The van der Waals surface area contributed by atoms with E-state index in [0.717, 1.165) is 53.9 Å². The summed E-state index contributed by atoms with van der Waals surface area (Å²) < 4.78 is 83.8. The normalized spacial score (nSPS) is 14.8. The average molecular weight is 905 g/mol. The van der Waals surface area contributed by atoms with Gasteiger partial charge in [0.25, 0.3) is 0 Å². The highest BCUT2D eigenvalue weighted by Crippen LogP contribution is 2.38. The lowest BCUT2D eigenvalue weighted by Crippen LogP contribution is -2.29. The van der Waals surface area contributed by atoms with Crippen LogP contribution in [0.15, 0.2) is 156 Å². The zero-order valence-electron chi connectivity index (χ0n) is 33.0. The molecule has 4 aromatic heterocycles. The van der Waals surface area contributed by atoms with Gasteiger partial charge in [-0.3, -0.25) is 9.97 Å². The second kappa shape index (κ2) is 18.2. The van der Waals surface area contributed by atoms with E-state index in [4.69, 9.17) is 18.9 Å². The van der Waals surface area contributed by atoms with Crippen molar-refractivity contribution in [2.45, 2.75) is 34.7 Å². The topological polar surface area (TPSA) is 155 Å². The van der Waals surface area contributed by atoms with Gasteiger partial charge in [0.15, 0.2) is 23.0 Å². The van der Waals surface area contributed by atoms with E-state index in [1.54, 1.807) is 49.1 Å². The number of rotatable bonds is 10. The van der Waals surface area contributed by atoms with Gasteiger partial charge >= 0.3 is 0 Å². The van der Waals surface area contributed by atoms with Crippen molar-refractivity contribution < 1.29 is 35.8 Å². The number of hydrogen-bond acceptors (Lipinski definition) is 12. The van der Waals surface area contributed by atoms with Crippen molar-refractivity contribution >= 4 is 62.9 Å². The monoisotopic (exact) mass is 904 g/mol. The molecule has 2 aliphatic heterocycles. The number of nitrogens with one attached hydrogen (secondary N) is 2. The van der Waals surface area contributed by atoms with Crippen molar-refractivity contribution in [2.24, 2.45) is 0 Å². The summed E-state index contributed by atoms with van der Waals surface area (Å²) >= 11 is 3.06. The van der Waals surface area contributed by atoms with Crippen LogP contribution in [0.2, 0.25) is 0 Å². The Morgan fingerprint density at radius 3 is 1.29 bits per heavy atom. The Morgan fingerprint density at radius 1 is 0.484 bits per heavy atom. The van der Waals surface area contributed by atoms with E-state index in [0.29, 0.717) is 49.4 Å². The molecule has 0 bridgehead atoms. The fraction of sp³-hybridized carbons (Fsp3) is 0.174. The predicted octanol–water partition coefficient (Wildman–Crippen LogP) is 9.05. The standard InChI is InChI=1S/2C23H20N2O4S2/c2*26-31(27,18-7-8-19-20(14-18)29-12-4-11-28-19)25-23(16-5-2-1-3-6-16)21-13-17-9-10-24-15-22(17)30-21/h2*1-3,5-10,13-15,23,25H,4,11-12H2/t2*23-/m10/s1. The molecular formula is C46H40N4O8S4. The molecule has 0 saturated heterocycles. The van der Waals surface area contributed by atoms with Crippen LogP contribution >= 0.6 is 22.7 Å². The van der Waals surface area contributed by atoms with E-state index < -0.39 is 32.1 Å². The zero-order chi connectivity index (χ0) is 42.5. The van der Waals surface area contributed by atoms with Gasteiger partial charge < -0.3 is 18.9 Å². The van der Waals surface area contributed by atoms with E-state index in [1.807, 2.05) is 84.9 Å². The largest absolute Gasteiger partial charge is 0.490 e. The summed E-state index contributed by atoms with van der Waals surface area (Å²) in [5.74, 6) is 2.02. The Morgan fingerprint density at radius 2 is 0.887 bits per heavy atom. The molecule has 2 N–H and O–H groups in total. The summed E-state index contributed by atoms with van der Waals surface area (Å²) in [5.41, 5.74) is 1.72. The first-order chi connectivity index (χ1) is 30.2. The minimum absolute atomic E-state index is 0.139. The van der Waals surface area contributed by atoms with Gasteiger partial charge in [-0.25, -0.2) is 16.8 Å². The van der Waals surface area contributed by atoms with Crippen LogP contribution in [0.4, 0.5) is 0 Å². The third-order valence-electron chi connectivity index (χ3n) is 10.1. The first-order valence-electron chi connectivity index (χ1n) is 19.8. The van der Waals surface area contributed by atoms with Crippen LogP contribution in [0, 0.1) is 0 Å². The summed E-state index contributed by atoms with van der Waals surface area (Å²) in [6, 6.07) is 35.4. The number of thiophene rings is 2. The van der Waals surface area contributed by atoms with Gasteiger partial charge in [0, 0.05) is 59.5 Å². The number of benzene rings is 4. The number of pyridine rings is 2. The molecule has 0 aliphatic carbocycles. The molecule has 316 valence electrons. The van der Waals surface area contributed by atoms with Crippen molar-refractivity contribution in [3.05, 3.63) is 167 Å². The van der Waals surface area contributed by atoms with Crippen LogP contribution < -0.4 is 28.4 Å². The smallest absolute Gasteiger partial charge is 0.241 e. The van der Waals surface area contributed by atoms with Crippen molar-refractivity contribution in [3.63, 3.8) is 0 Å². The molecule has 16 heteroatoms. The average Bonchev–Trinajstić information content (AvgIpc) is 3.75. The molecule has 10 rings (SSSR count). The zero-order valence-corrected chi connectivity index (χ0v) is 36.3. The molecule has 4 aromatic carbocycles. The van der Waals surface area contributed by atoms with Crippen molar-refractivity contribution in [3.8, 4) is 23.0 Å². The van der Waals surface area contributed by atoms with Gasteiger partial charge in [0.1, 0.15) is 0 Å².